The van der Waals surface area contributed by atoms with Gasteiger partial charge in [-0.15, -0.1) is 0 Å². The van der Waals surface area contributed by atoms with E-state index in [1.807, 2.05) is 6.92 Å². The van der Waals surface area contributed by atoms with E-state index in [1.54, 1.807) is 0 Å². The van der Waals surface area contributed by atoms with Gasteiger partial charge in [-0.05, 0) is 31.0 Å². The fraction of sp³-hybridized carbons (Fsp3) is 0.462. The van der Waals surface area contributed by atoms with Gasteiger partial charge >= 0.3 is 5.97 Å². The van der Waals surface area contributed by atoms with Crippen LogP contribution in [0.2, 0.25) is 0 Å². The van der Waals surface area contributed by atoms with Crippen molar-refractivity contribution in [2.75, 3.05) is 25.1 Å². The Balaban J connectivity index is 2.44. The molecule has 1 aromatic rings. The van der Waals surface area contributed by atoms with Crippen molar-refractivity contribution in [2.45, 2.75) is 19.8 Å². The SMILES string of the molecule is CCCOCCCNc1ccc(F)cc1C(=O)O. The predicted molar refractivity (Wildman–Crippen MR) is 67.6 cm³/mol. The van der Waals surface area contributed by atoms with Gasteiger partial charge in [-0.3, -0.25) is 0 Å². The largest absolute Gasteiger partial charge is 0.478 e. The smallest absolute Gasteiger partial charge is 0.337 e. The van der Waals surface area contributed by atoms with E-state index in [-0.39, 0.29) is 5.56 Å². The first-order valence-electron chi connectivity index (χ1n) is 5.99. The molecule has 0 saturated carbocycles. The van der Waals surface area contributed by atoms with Gasteiger partial charge in [0, 0.05) is 25.4 Å². The maximum Gasteiger partial charge on any atom is 0.337 e. The van der Waals surface area contributed by atoms with Crippen LogP contribution in [0.1, 0.15) is 30.1 Å². The lowest BCUT2D eigenvalue weighted by atomic mass is 10.1. The molecule has 0 radical (unpaired) electrons. The van der Waals surface area contributed by atoms with Crippen LogP contribution in [0.25, 0.3) is 0 Å². The fourth-order valence-corrected chi connectivity index (χ4v) is 1.49. The minimum atomic E-state index is -1.14. The van der Waals surface area contributed by atoms with E-state index in [9.17, 15) is 9.18 Å². The number of carboxylic acid groups (broad SMARTS) is 1. The zero-order chi connectivity index (χ0) is 13.4. The van der Waals surface area contributed by atoms with Crippen LogP contribution in [-0.2, 0) is 4.74 Å². The first-order chi connectivity index (χ1) is 8.65. The van der Waals surface area contributed by atoms with Crippen LogP contribution in [0.3, 0.4) is 0 Å². The van der Waals surface area contributed by atoms with Gasteiger partial charge in [-0.2, -0.15) is 0 Å². The molecule has 0 aliphatic rings. The zero-order valence-electron chi connectivity index (χ0n) is 10.4. The number of rotatable bonds is 8. The molecule has 0 atom stereocenters. The van der Waals surface area contributed by atoms with Crippen molar-refractivity contribution in [1.82, 2.24) is 0 Å². The molecule has 0 spiro atoms. The number of carboxylic acids is 1. The molecular weight excluding hydrogens is 237 g/mol. The normalized spacial score (nSPS) is 10.3. The van der Waals surface area contributed by atoms with Gasteiger partial charge in [-0.1, -0.05) is 6.92 Å². The molecule has 2 N–H and O–H groups in total. The summed E-state index contributed by atoms with van der Waals surface area (Å²) >= 11 is 0. The maximum atomic E-state index is 12.9. The first kappa shape index (κ1) is 14.4. The molecule has 5 heteroatoms. The van der Waals surface area contributed by atoms with Crippen molar-refractivity contribution in [1.29, 1.82) is 0 Å². The van der Waals surface area contributed by atoms with E-state index >= 15 is 0 Å². The first-order valence-corrected chi connectivity index (χ1v) is 5.99. The van der Waals surface area contributed by atoms with Crippen molar-refractivity contribution in [2.24, 2.45) is 0 Å². The average Bonchev–Trinajstić information content (AvgIpc) is 2.35. The molecule has 4 nitrogen and oxygen atoms in total. The Labute approximate surface area is 106 Å². The van der Waals surface area contributed by atoms with Crippen LogP contribution in [0, 0.1) is 5.82 Å². The number of anilines is 1. The van der Waals surface area contributed by atoms with Crippen molar-refractivity contribution >= 4 is 11.7 Å². The molecule has 18 heavy (non-hydrogen) atoms. The molecule has 0 aromatic heterocycles. The third kappa shape index (κ3) is 4.71. The summed E-state index contributed by atoms with van der Waals surface area (Å²) in [5.74, 6) is -1.69. The number of halogens is 1. The lowest BCUT2D eigenvalue weighted by Crippen LogP contribution is -2.10. The van der Waals surface area contributed by atoms with Crippen LogP contribution < -0.4 is 5.32 Å². The number of benzene rings is 1. The number of hydrogen-bond donors (Lipinski definition) is 2. The van der Waals surface area contributed by atoms with Gasteiger partial charge in [0.25, 0.3) is 0 Å². The molecule has 100 valence electrons. The number of ether oxygens (including phenoxy) is 1. The standard InChI is InChI=1S/C13H18FNO3/c1-2-7-18-8-3-6-15-12-5-4-10(14)9-11(12)13(16)17/h4-5,9,15H,2-3,6-8H2,1H3,(H,16,17). The second-order valence-electron chi connectivity index (χ2n) is 3.89. The highest BCUT2D eigenvalue weighted by Crippen LogP contribution is 2.16. The molecule has 0 bridgehead atoms. The average molecular weight is 255 g/mol. The molecule has 0 aliphatic heterocycles. The van der Waals surface area contributed by atoms with Gasteiger partial charge in [-0.25, -0.2) is 9.18 Å². The Morgan fingerprint density at radius 1 is 1.44 bits per heavy atom. The van der Waals surface area contributed by atoms with Gasteiger partial charge < -0.3 is 15.2 Å². The molecule has 0 heterocycles. The number of nitrogens with one attached hydrogen (secondary N) is 1. The Morgan fingerprint density at radius 3 is 2.89 bits per heavy atom. The molecule has 0 saturated heterocycles. The Kier molecular flexibility index (Phi) is 6.14. The second-order valence-corrected chi connectivity index (χ2v) is 3.89. The molecule has 0 amide bonds. The van der Waals surface area contributed by atoms with E-state index in [2.05, 4.69) is 5.32 Å². The number of carbonyl (C=O) groups is 1. The summed E-state index contributed by atoms with van der Waals surface area (Å²) in [4.78, 5) is 10.9. The number of hydrogen-bond acceptors (Lipinski definition) is 3. The molecular formula is C13H18FNO3. The summed E-state index contributed by atoms with van der Waals surface area (Å²) in [6.45, 7) is 3.99. The fourth-order valence-electron chi connectivity index (χ4n) is 1.49. The minimum Gasteiger partial charge on any atom is -0.478 e. The van der Waals surface area contributed by atoms with Crippen LogP contribution in [0.5, 0.6) is 0 Å². The topological polar surface area (TPSA) is 58.6 Å². The zero-order valence-corrected chi connectivity index (χ0v) is 10.4. The summed E-state index contributed by atoms with van der Waals surface area (Å²) in [6, 6.07) is 3.69. The summed E-state index contributed by atoms with van der Waals surface area (Å²) < 4.78 is 18.2. The van der Waals surface area contributed by atoms with Crippen LogP contribution in [0.4, 0.5) is 10.1 Å². The molecule has 0 fully saturated rings. The van der Waals surface area contributed by atoms with Crippen LogP contribution in [-0.4, -0.2) is 30.8 Å². The Hall–Kier alpha value is -1.62. The lowest BCUT2D eigenvalue weighted by molar-refractivity contribution is 0.0697. The summed E-state index contributed by atoms with van der Waals surface area (Å²) in [6.07, 6.45) is 1.75. The highest BCUT2D eigenvalue weighted by atomic mass is 19.1. The second kappa shape index (κ2) is 7.66. The van der Waals surface area contributed by atoms with E-state index in [0.29, 0.717) is 18.8 Å². The minimum absolute atomic E-state index is 0.0514. The Morgan fingerprint density at radius 2 is 2.22 bits per heavy atom. The van der Waals surface area contributed by atoms with E-state index < -0.39 is 11.8 Å². The molecule has 0 unspecified atom stereocenters. The van der Waals surface area contributed by atoms with Gasteiger partial charge in [0.1, 0.15) is 5.82 Å². The van der Waals surface area contributed by atoms with Crippen LogP contribution >= 0.6 is 0 Å². The van der Waals surface area contributed by atoms with Crippen molar-refractivity contribution in [3.05, 3.63) is 29.6 Å². The van der Waals surface area contributed by atoms with E-state index in [4.69, 9.17) is 9.84 Å². The molecule has 0 aliphatic carbocycles. The quantitative estimate of drug-likeness (QED) is 0.701. The lowest BCUT2D eigenvalue weighted by Gasteiger charge is -2.09. The van der Waals surface area contributed by atoms with E-state index in [0.717, 1.165) is 25.5 Å². The number of aromatic carboxylic acids is 1. The van der Waals surface area contributed by atoms with Gasteiger partial charge in [0.15, 0.2) is 0 Å². The molecule has 1 rings (SSSR count). The summed E-state index contributed by atoms with van der Waals surface area (Å²) in [5, 5.41) is 11.9. The predicted octanol–water partition coefficient (Wildman–Crippen LogP) is 2.75. The van der Waals surface area contributed by atoms with Crippen molar-refractivity contribution in [3.8, 4) is 0 Å². The van der Waals surface area contributed by atoms with Gasteiger partial charge in [0.2, 0.25) is 0 Å². The monoisotopic (exact) mass is 255 g/mol. The summed E-state index contributed by atoms with van der Waals surface area (Å²) in [7, 11) is 0. The molecule has 1 aromatic carbocycles. The van der Waals surface area contributed by atoms with Crippen molar-refractivity contribution in [3.63, 3.8) is 0 Å². The maximum absolute atomic E-state index is 12.9. The van der Waals surface area contributed by atoms with Gasteiger partial charge in [0.05, 0.1) is 5.56 Å². The third-order valence-electron chi connectivity index (χ3n) is 2.34. The van der Waals surface area contributed by atoms with Crippen LogP contribution in [0.15, 0.2) is 18.2 Å². The Bertz CT molecular complexity index is 396. The summed E-state index contributed by atoms with van der Waals surface area (Å²) in [5.41, 5.74) is 0.379. The van der Waals surface area contributed by atoms with E-state index in [1.165, 1.54) is 12.1 Å². The highest BCUT2D eigenvalue weighted by Gasteiger charge is 2.10. The third-order valence-corrected chi connectivity index (χ3v) is 2.34. The van der Waals surface area contributed by atoms with Crippen molar-refractivity contribution < 1.29 is 19.0 Å². The highest BCUT2D eigenvalue weighted by molar-refractivity contribution is 5.94.